The van der Waals surface area contributed by atoms with Gasteiger partial charge in [0.15, 0.2) is 5.03 Å². The van der Waals surface area contributed by atoms with Gasteiger partial charge in [-0.1, -0.05) is 18.7 Å². The van der Waals surface area contributed by atoms with Gasteiger partial charge in [0.05, 0.1) is 11.3 Å². The molecule has 0 aromatic carbocycles. The van der Waals surface area contributed by atoms with Crippen LogP contribution in [0.5, 0.6) is 0 Å². The molecule has 0 saturated heterocycles. The Morgan fingerprint density at radius 1 is 1.77 bits per heavy atom. The summed E-state index contributed by atoms with van der Waals surface area (Å²) in [6.45, 7) is 1.83. The summed E-state index contributed by atoms with van der Waals surface area (Å²) in [6.07, 6.45) is 1.16. The van der Waals surface area contributed by atoms with Crippen molar-refractivity contribution in [3.05, 3.63) is 26.8 Å². The van der Waals surface area contributed by atoms with Gasteiger partial charge in [0.2, 0.25) is 0 Å². The maximum atomic E-state index is 11.0. The summed E-state index contributed by atoms with van der Waals surface area (Å²) in [5.74, 6) is 0.636. The van der Waals surface area contributed by atoms with Crippen molar-refractivity contribution in [2.45, 2.75) is 11.9 Å². The lowest BCUT2D eigenvalue weighted by Crippen LogP contribution is -2.13. The second-order valence-electron chi connectivity index (χ2n) is 2.08. The van der Waals surface area contributed by atoms with Crippen LogP contribution in [0, 0.1) is 10.1 Å². The summed E-state index contributed by atoms with van der Waals surface area (Å²) in [7, 11) is 0. The minimum atomic E-state index is -0.718. The van der Waals surface area contributed by atoms with Crippen molar-refractivity contribution in [3.8, 4) is 0 Å². The zero-order valence-electron chi connectivity index (χ0n) is 6.81. The average Bonchev–Trinajstić information content (AvgIpc) is 2.04. The number of H-pyrrole nitrogens is 1. The fourth-order valence-electron chi connectivity index (χ4n) is 0.780. The van der Waals surface area contributed by atoms with Crippen molar-refractivity contribution in [1.29, 1.82) is 0 Å². The van der Waals surface area contributed by atoms with Crippen LogP contribution in [0.3, 0.4) is 0 Å². The molecule has 6 nitrogen and oxygen atoms in total. The monoisotopic (exact) mass is 201 g/mol. The van der Waals surface area contributed by atoms with Crippen molar-refractivity contribution < 1.29 is 4.92 Å². The molecule has 0 atom stereocenters. The Labute approximate surface area is 77.5 Å². The van der Waals surface area contributed by atoms with E-state index < -0.39 is 16.2 Å². The van der Waals surface area contributed by atoms with Crippen molar-refractivity contribution in [2.75, 3.05) is 5.75 Å². The first-order chi connectivity index (χ1) is 6.16. The molecule has 1 heterocycles. The van der Waals surface area contributed by atoms with Gasteiger partial charge in [0.25, 0.3) is 0 Å². The molecule has 0 aliphatic rings. The first kappa shape index (κ1) is 9.72. The largest absolute Gasteiger partial charge is 0.365 e. The third-order valence-corrected chi connectivity index (χ3v) is 2.12. The fourth-order valence-corrected chi connectivity index (χ4v) is 1.48. The molecule has 70 valence electrons. The fraction of sp³-hybridized carbons (Fsp3) is 0.333. The van der Waals surface area contributed by atoms with Crippen molar-refractivity contribution in [2.24, 2.45) is 0 Å². The molecule has 0 aliphatic heterocycles. The van der Waals surface area contributed by atoms with E-state index >= 15 is 0 Å². The van der Waals surface area contributed by atoms with E-state index in [1.165, 1.54) is 11.8 Å². The molecule has 0 aliphatic carbocycles. The van der Waals surface area contributed by atoms with Crippen molar-refractivity contribution in [3.63, 3.8) is 0 Å². The Morgan fingerprint density at radius 3 is 3.00 bits per heavy atom. The number of rotatable bonds is 3. The number of thioether (sulfide) groups is 1. The standard InChI is InChI=1S/C6H7N3O3S/c1-2-13-6-4(9(11)12)5(10)7-3-8-6/h3H,2H2,1H3,(H,7,8,10). The molecule has 0 saturated carbocycles. The quantitative estimate of drug-likeness (QED) is 0.338. The van der Waals surface area contributed by atoms with Gasteiger partial charge in [0, 0.05) is 0 Å². The Morgan fingerprint density at radius 2 is 2.46 bits per heavy atom. The van der Waals surface area contributed by atoms with Gasteiger partial charge < -0.3 is 4.98 Å². The van der Waals surface area contributed by atoms with E-state index in [2.05, 4.69) is 9.97 Å². The molecule has 0 fully saturated rings. The Balaban J connectivity index is 3.26. The molecule has 0 radical (unpaired) electrons. The van der Waals surface area contributed by atoms with Crippen molar-refractivity contribution >= 4 is 17.4 Å². The van der Waals surface area contributed by atoms with Gasteiger partial charge >= 0.3 is 11.2 Å². The highest BCUT2D eigenvalue weighted by Gasteiger charge is 2.19. The summed E-state index contributed by atoms with van der Waals surface area (Å²) in [5.41, 5.74) is -1.19. The van der Waals surface area contributed by atoms with Crippen LogP contribution in [0.2, 0.25) is 0 Å². The van der Waals surface area contributed by atoms with Gasteiger partial charge in [0.1, 0.15) is 0 Å². The van der Waals surface area contributed by atoms with E-state index in [0.29, 0.717) is 5.75 Å². The Kier molecular flexibility index (Phi) is 3.02. The van der Waals surface area contributed by atoms with Crippen LogP contribution in [-0.2, 0) is 0 Å². The first-order valence-corrected chi connectivity index (χ1v) is 4.50. The molecule has 13 heavy (non-hydrogen) atoms. The van der Waals surface area contributed by atoms with E-state index in [0.717, 1.165) is 6.33 Å². The molecule has 7 heteroatoms. The van der Waals surface area contributed by atoms with Gasteiger partial charge in [-0.05, 0) is 5.75 Å². The zero-order chi connectivity index (χ0) is 9.84. The maximum Gasteiger partial charge on any atom is 0.365 e. The maximum absolute atomic E-state index is 11.0. The van der Waals surface area contributed by atoms with Crippen molar-refractivity contribution in [1.82, 2.24) is 9.97 Å². The number of hydrogen-bond acceptors (Lipinski definition) is 5. The third-order valence-electron chi connectivity index (χ3n) is 1.26. The highest BCUT2D eigenvalue weighted by atomic mass is 32.2. The van der Waals surface area contributed by atoms with Crippen LogP contribution >= 0.6 is 11.8 Å². The molecule has 0 bridgehead atoms. The zero-order valence-corrected chi connectivity index (χ0v) is 7.63. The lowest BCUT2D eigenvalue weighted by molar-refractivity contribution is -0.389. The summed E-state index contributed by atoms with van der Waals surface area (Å²) >= 11 is 1.17. The number of aromatic nitrogens is 2. The van der Waals surface area contributed by atoms with Crippen LogP contribution in [0.1, 0.15) is 6.92 Å². The van der Waals surface area contributed by atoms with Crippen LogP contribution in [0.25, 0.3) is 0 Å². The summed E-state index contributed by atoms with van der Waals surface area (Å²) < 4.78 is 0. The highest BCUT2D eigenvalue weighted by Crippen LogP contribution is 2.21. The lowest BCUT2D eigenvalue weighted by atomic mass is 10.5. The molecule has 0 unspecified atom stereocenters. The van der Waals surface area contributed by atoms with E-state index in [1.807, 2.05) is 6.92 Å². The van der Waals surface area contributed by atoms with Gasteiger partial charge in [-0.2, -0.15) is 0 Å². The molecule has 1 rings (SSSR count). The Hall–Kier alpha value is -1.37. The van der Waals surface area contributed by atoms with Crippen LogP contribution < -0.4 is 5.56 Å². The topological polar surface area (TPSA) is 88.9 Å². The van der Waals surface area contributed by atoms with Crippen LogP contribution in [-0.4, -0.2) is 20.6 Å². The SMILES string of the molecule is CCSc1nc[nH]c(=O)c1[N+](=O)[O-]. The molecule has 1 aromatic heterocycles. The molecule has 0 spiro atoms. The second kappa shape index (κ2) is 4.04. The van der Waals surface area contributed by atoms with Gasteiger partial charge in [-0.15, -0.1) is 0 Å². The summed E-state index contributed by atoms with van der Waals surface area (Å²) in [4.78, 5) is 26.6. The van der Waals surface area contributed by atoms with Crippen LogP contribution in [0.4, 0.5) is 5.69 Å². The van der Waals surface area contributed by atoms with E-state index in [1.54, 1.807) is 0 Å². The van der Waals surface area contributed by atoms with E-state index in [4.69, 9.17) is 0 Å². The number of aromatic amines is 1. The minimum absolute atomic E-state index is 0.163. The lowest BCUT2D eigenvalue weighted by Gasteiger charge is -1.96. The number of nitro groups is 1. The average molecular weight is 201 g/mol. The second-order valence-corrected chi connectivity index (χ2v) is 3.33. The molecule has 1 aromatic rings. The summed E-state index contributed by atoms with van der Waals surface area (Å²) in [5, 5.41) is 10.6. The minimum Gasteiger partial charge on any atom is -0.307 e. The first-order valence-electron chi connectivity index (χ1n) is 3.51. The normalized spacial score (nSPS) is 9.92. The predicted octanol–water partition coefficient (Wildman–Crippen LogP) is 0.790. The third kappa shape index (κ3) is 2.05. The molecule has 1 N–H and O–H groups in total. The molecular formula is C6H7N3O3S. The number of nitrogens with one attached hydrogen (secondary N) is 1. The predicted molar refractivity (Wildman–Crippen MR) is 47.9 cm³/mol. The number of nitrogens with zero attached hydrogens (tertiary/aromatic N) is 2. The van der Waals surface area contributed by atoms with Crippen LogP contribution in [0.15, 0.2) is 16.1 Å². The Bertz CT molecular complexity index is 376. The van der Waals surface area contributed by atoms with E-state index in [9.17, 15) is 14.9 Å². The smallest absolute Gasteiger partial charge is 0.307 e. The van der Waals surface area contributed by atoms with Gasteiger partial charge in [-0.25, -0.2) is 4.98 Å². The molecule has 0 amide bonds. The molecular weight excluding hydrogens is 194 g/mol. The van der Waals surface area contributed by atoms with E-state index in [-0.39, 0.29) is 5.03 Å². The summed E-state index contributed by atoms with van der Waals surface area (Å²) in [6, 6.07) is 0. The van der Waals surface area contributed by atoms with Gasteiger partial charge in [-0.3, -0.25) is 14.9 Å². The number of hydrogen-bond donors (Lipinski definition) is 1. The highest BCUT2D eigenvalue weighted by molar-refractivity contribution is 7.99.